The molecule has 0 radical (unpaired) electrons. The second-order valence-electron chi connectivity index (χ2n) is 8.16. The molecule has 0 aliphatic rings. The van der Waals surface area contributed by atoms with Gasteiger partial charge in [0.15, 0.2) is 6.61 Å². The summed E-state index contributed by atoms with van der Waals surface area (Å²) >= 11 is 0. The first kappa shape index (κ1) is 25.9. The third kappa shape index (κ3) is 5.21. The lowest BCUT2D eigenvalue weighted by molar-refractivity contribution is -0.290. The van der Waals surface area contributed by atoms with E-state index >= 15 is 0 Å². The standard InChI is InChI=1S/C22H20F5N7O3/c1-15(20(36,11-32-14-28-13-29-32)16-5-3-2-4-6-16)33-19(35)34(31-30-33)17-7-9-18(10-8-17)37-12-21(23,24)22(25,26)27/h2-10,13-15,36H,11-12H2,1H3/t15-,20-/m1/s1. The topological polar surface area (TPSA) is 113 Å². The van der Waals surface area contributed by atoms with E-state index in [2.05, 4.69) is 25.2 Å². The molecule has 196 valence electrons. The largest absolute Gasteiger partial charge is 0.487 e. The van der Waals surface area contributed by atoms with Gasteiger partial charge in [-0.3, -0.25) is 0 Å². The van der Waals surface area contributed by atoms with Gasteiger partial charge in [-0.15, -0.1) is 0 Å². The summed E-state index contributed by atoms with van der Waals surface area (Å²) in [5.74, 6) is -5.30. The van der Waals surface area contributed by atoms with Crippen molar-refractivity contribution in [2.45, 2.75) is 37.2 Å². The van der Waals surface area contributed by atoms with E-state index in [-0.39, 0.29) is 18.0 Å². The Morgan fingerprint density at radius 1 is 1.00 bits per heavy atom. The van der Waals surface area contributed by atoms with Crippen LogP contribution in [0.15, 0.2) is 72.0 Å². The number of rotatable bonds is 9. The van der Waals surface area contributed by atoms with E-state index in [4.69, 9.17) is 0 Å². The number of hydrogen-bond acceptors (Lipinski definition) is 7. The quantitative estimate of drug-likeness (QED) is 0.335. The van der Waals surface area contributed by atoms with E-state index in [1.54, 1.807) is 37.3 Å². The molecule has 2 atom stereocenters. The molecule has 1 N–H and O–H groups in total. The van der Waals surface area contributed by atoms with E-state index < -0.39 is 36.0 Å². The van der Waals surface area contributed by atoms with Gasteiger partial charge in [-0.2, -0.15) is 36.4 Å². The van der Waals surface area contributed by atoms with Gasteiger partial charge < -0.3 is 9.84 Å². The minimum absolute atomic E-state index is 0.0634. The Hall–Kier alpha value is -4.14. The van der Waals surface area contributed by atoms with Crippen LogP contribution >= 0.6 is 0 Å². The molecule has 10 nitrogen and oxygen atoms in total. The number of halogens is 5. The first-order chi connectivity index (χ1) is 17.4. The lowest BCUT2D eigenvalue weighted by Gasteiger charge is -2.33. The van der Waals surface area contributed by atoms with Gasteiger partial charge in [0.2, 0.25) is 0 Å². The fourth-order valence-corrected chi connectivity index (χ4v) is 3.56. The van der Waals surface area contributed by atoms with E-state index in [0.29, 0.717) is 5.56 Å². The Balaban J connectivity index is 1.58. The highest BCUT2D eigenvalue weighted by Gasteiger charge is 2.58. The van der Waals surface area contributed by atoms with Gasteiger partial charge in [0.05, 0.1) is 18.3 Å². The van der Waals surface area contributed by atoms with Crippen LogP contribution in [0.4, 0.5) is 22.0 Å². The van der Waals surface area contributed by atoms with Crippen molar-refractivity contribution < 1.29 is 31.8 Å². The molecule has 0 saturated heterocycles. The average molecular weight is 525 g/mol. The van der Waals surface area contributed by atoms with Crippen LogP contribution in [0, 0.1) is 0 Å². The maximum atomic E-state index is 13.1. The van der Waals surface area contributed by atoms with Gasteiger partial charge in [0.25, 0.3) is 0 Å². The molecule has 2 aromatic carbocycles. The van der Waals surface area contributed by atoms with Crippen molar-refractivity contribution in [3.8, 4) is 11.4 Å². The lowest BCUT2D eigenvalue weighted by Crippen LogP contribution is -2.43. The number of aliphatic hydroxyl groups is 1. The number of alkyl halides is 5. The lowest BCUT2D eigenvalue weighted by atomic mass is 9.87. The minimum Gasteiger partial charge on any atom is -0.487 e. The van der Waals surface area contributed by atoms with Gasteiger partial charge >= 0.3 is 17.8 Å². The van der Waals surface area contributed by atoms with Crippen molar-refractivity contribution >= 4 is 0 Å². The zero-order valence-electron chi connectivity index (χ0n) is 19.1. The van der Waals surface area contributed by atoms with Gasteiger partial charge in [0, 0.05) is 0 Å². The summed E-state index contributed by atoms with van der Waals surface area (Å²) in [5.41, 5.74) is -1.78. The molecule has 0 aliphatic carbocycles. The molecular formula is C22H20F5N7O3. The van der Waals surface area contributed by atoms with Crippen molar-refractivity contribution in [3.63, 3.8) is 0 Å². The molecule has 0 amide bonds. The van der Waals surface area contributed by atoms with Crippen molar-refractivity contribution in [1.29, 1.82) is 0 Å². The Bertz CT molecular complexity index is 1370. The number of aromatic nitrogens is 7. The summed E-state index contributed by atoms with van der Waals surface area (Å²) in [6, 6.07) is 12.3. The van der Waals surface area contributed by atoms with E-state index in [1.165, 1.54) is 29.5 Å². The Labute approximate surface area is 205 Å². The van der Waals surface area contributed by atoms with Crippen molar-refractivity contribution in [1.82, 2.24) is 34.6 Å². The molecule has 0 spiro atoms. The van der Waals surface area contributed by atoms with Crippen LogP contribution in [0.5, 0.6) is 5.75 Å². The van der Waals surface area contributed by atoms with Crippen molar-refractivity contribution in [2.75, 3.05) is 6.61 Å². The molecule has 2 aromatic heterocycles. The summed E-state index contributed by atoms with van der Waals surface area (Å²) in [4.78, 5) is 17.0. The van der Waals surface area contributed by atoms with Crippen LogP contribution in [0.25, 0.3) is 5.69 Å². The van der Waals surface area contributed by atoms with E-state index in [9.17, 15) is 31.9 Å². The van der Waals surface area contributed by atoms with Crippen LogP contribution < -0.4 is 10.4 Å². The zero-order chi connectivity index (χ0) is 26.8. The summed E-state index contributed by atoms with van der Waals surface area (Å²) in [5, 5.41) is 23.4. The number of nitrogens with zero attached hydrogens (tertiary/aromatic N) is 7. The fraction of sp³-hybridized carbons (Fsp3) is 0.318. The zero-order valence-corrected chi connectivity index (χ0v) is 19.1. The predicted octanol–water partition coefficient (Wildman–Crippen LogP) is 2.75. The molecule has 4 rings (SSSR count). The Morgan fingerprint density at radius 3 is 2.27 bits per heavy atom. The Morgan fingerprint density at radius 2 is 1.68 bits per heavy atom. The maximum absolute atomic E-state index is 13.1. The number of benzene rings is 2. The molecule has 0 fully saturated rings. The molecule has 0 unspecified atom stereocenters. The van der Waals surface area contributed by atoms with Gasteiger partial charge in [-0.1, -0.05) is 30.3 Å². The average Bonchev–Trinajstić information content (AvgIpc) is 3.52. The molecule has 15 heteroatoms. The summed E-state index contributed by atoms with van der Waals surface area (Å²) in [6.45, 7) is -0.387. The van der Waals surface area contributed by atoms with E-state index in [1.807, 2.05) is 0 Å². The highest BCUT2D eigenvalue weighted by atomic mass is 19.4. The SMILES string of the molecule is C[C@@H](n1nnn(-c2ccc(OCC(F)(F)C(F)(F)F)cc2)c1=O)[C@](O)(Cn1cncn1)c1ccccc1. The van der Waals surface area contributed by atoms with Crippen LogP contribution in [0.1, 0.15) is 18.5 Å². The molecule has 0 saturated carbocycles. The first-order valence-electron chi connectivity index (χ1n) is 10.7. The van der Waals surface area contributed by atoms with Crippen LogP contribution in [0.2, 0.25) is 0 Å². The van der Waals surface area contributed by atoms with Crippen molar-refractivity contribution in [3.05, 3.63) is 83.3 Å². The highest BCUT2D eigenvalue weighted by Crippen LogP contribution is 2.36. The van der Waals surface area contributed by atoms with Crippen molar-refractivity contribution in [2.24, 2.45) is 0 Å². The number of ether oxygens (including phenoxy) is 1. The molecule has 0 bridgehead atoms. The third-order valence-corrected chi connectivity index (χ3v) is 5.72. The smallest absolute Gasteiger partial charge is 0.456 e. The monoisotopic (exact) mass is 525 g/mol. The molecular weight excluding hydrogens is 505 g/mol. The van der Waals surface area contributed by atoms with Gasteiger partial charge in [-0.25, -0.2) is 14.5 Å². The molecule has 4 aromatic rings. The summed E-state index contributed by atoms with van der Waals surface area (Å²) < 4.78 is 70.9. The molecule has 37 heavy (non-hydrogen) atoms. The summed E-state index contributed by atoms with van der Waals surface area (Å²) in [7, 11) is 0. The van der Waals surface area contributed by atoms with Crippen LogP contribution in [-0.4, -0.2) is 58.4 Å². The second-order valence-corrected chi connectivity index (χ2v) is 8.16. The van der Waals surface area contributed by atoms with Gasteiger partial charge in [0.1, 0.15) is 24.0 Å². The number of hydrogen-bond donors (Lipinski definition) is 1. The third-order valence-electron chi connectivity index (χ3n) is 5.72. The predicted molar refractivity (Wildman–Crippen MR) is 117 cm³/mol. The minimum atomic E-state index is -5.74. The van der Waals surface area contributed by atoms with Gasteiger partial charge in [-0.05, 0) is 47.2 Å². The summed E-state index contributed by atoms with van der Waals surface area (Å²) in [6.07, 6.45) is -3.03. The van der Waals surface area contributed by atoms with Crippen LogP contribution in [-0.2, 0) is 12.1 Å². The highest BCUT2D eigenvalue weighted by molar-refractivity contribution is 5.36. The molecule has 0 aliphatic heterocycles. The molecule has 2 heterocycles. The first-order valence-corrected chi connectivity index (χ1v) is 10.7. The normalized spacial score (nSPS) is 14.8. The number of tetrazole rings is 1. The van der Waals surface area contributed by atoms with Crippen LogP contribution in [0.3, 0.4) is 0 Å². The van der Waals surface area contributed by atoms with E-state index in [0.717, 1.165) is 21.5 Å². The maximum Gasteiger partial charge on any atom is 0.456 e. The Kier molecular flexibility index (Phi) is 6.82. The fourth-order valence-electron chi connectivity index (χ4n) is 3.56. The second kappa shape index (κ2) is 9.72.